The Bertz CT molecular complexity index is 559. The summed E-state index contributed by atoms with van der Waals surface area (Å²) >= 11 is 0.849. The number of aliphatic carboxylic acids is 1. The highest BCUT2D eigenvalue weighted by Crippen LogP contribution is 2.31. The number of aliphatic hydroxyl groups is 1. The maximum absolute atomic E-state index is 11.3. The zero-order chi connectivity index (χ0) is 14.4. The second-order valence-electron chi connectivity index (χ2n) is 4.11. The average molecular weight is 290 g/mol. The Morgan fingerprint density at radius 2 is 1.60 bits per heavy atom. The number of thioether (sulfide) groups is 1. The number of hydrogen-bond donors (Lipinski definition) is 2. The molecule has 1 unspecified atom stereocenters. The van der Waals surface area contributed by atoms with Gasteiger partial charge in [-0.25, -0.2) is 4.79 Å². The van der Waals surface area contributed by atoms with Crippen LogP contribution < -0.4 is 4.74 Å². The van der Waals surface area contributed by atoms with E-state index in [1.165, 1.54) is 0 Å². The Morgan fingerprint density at radius 1 is 1.05 bits per heavy atom. The highest BCUT2D eigenvalue weighted by molar-refractivity contribution is 8.01. The average Bonchev–Trinajstić information content (AvgIpc) is 2.47. The molecule has 0 bridgehead atoms. The molecule has 0 amide bonds. The molecule has 0 aliphatic rings. The monoisotopic (exact) mass is 290 g/mol. The van der Waals surface area contributed by atoms with Gasteiger partial charge < -0.3 is 14.9 Å². The fraction of sp³-hybridized carbons (Fsp3) is 0.133. The van der Waals surface area contributed by atoms with Crippen molar-refractivity contribution in [1.82, 2.24) is 0 Å². The molecule has 5 heteroatoms. The molecule has 0 saturated heterocycles. The third kappa shape index (κ3) is 3.76. The van der Waals surface area contributed by atoms with Crippen molar-refractivity contribution in [1.29, 1.82) is 0 Å². The summed E-state index contributed by atoms with van der Waals surface area (Å²) in [6.45, 7) is -0.341. The van der Waals surface area contributed by atoms with Gasteiger partial charge in [-0.3, -0.25) is 0 Å². The van der Waals surface area contributed by atoms with E-state index in [9.17, 15) is 15.0 Å². The van der Waals surface area contributed by atoms with Gasteiger partial charge in [0.05, 0.1) is 0 Å². The quantitative estimate of drug-likeness (QED) is 0.632. The Balaban J connectivity index is 2.08. The first-order valence-electron chi connectivity index (χ1n) is 5.98. The summed E-state index contributed by atoms with van der Waals surface area (Å²) in [4.78, 5) is 9.93. The van der Waals surface area contributed by atoms with E-state index in [-0.39, 0.29) is 6.61 Å². The van der Waals surface area contributed by atoms with E-state index in [1.807, 2.05) is 12.1 Å². The van der Waals surface area contributed by atoms with Crippen LogP contribution in [-0.4, -0.2) is 27.7 Å². The lowest BCUT2D eigenvalue weighted by atomic mass is 10.3. The number of carbonyl (C=O) groups is 1. The molecule has 104 valence electrons. The summed E-state index contributed by atoms with van der Waals surface area (Å²) in [5.41, 5.74) is 0. The highest BCUT2D eigenvalue weighted by atomic mass is 32.2. The van der Waals surface area contributed by atoms with E-state index in [0.29, 0.717) is 10.6 Å². The van der Waals surface area contributed by atoms with Crippen LogP contribution in [0.5, 0.6) is 5.75 Å². The van der Waals surface area contributed by atoms with Gasteiger partial charge in [-0.15, -0.1) is 0 Å². The first kappa shape index (κ1) is 14.4. The molecule has 2 rings (SSSR count). The topological polar surface area (TPSA) is 66.8 Å². The van der Waals surface area contributed by atoms with E-state index >= 15 is 0 Å². The van der Waals surface area contributed by atoms with Crippen molar-refractivity contribution in [2.24, 2.45) is 0 Å². The van der Waals surface area contributed by atoms with Gasteiger partial charge in [0.15, 0.2) is 0 Å². The summed E-state index contributed by atoms with van der Waals surface area (Å²) in [5.74, 6) is -0.817. The lowest BCUT2D eigenvalue weighted by Gasteiger charge is -2.22. The molecule has 0 spiro atoms. The summed E-state index contributed by atoms with van der Waals surface area (Å²) < 4.78 is 5.35. The Hall–Kier alpha value is -1.98. The Kier molecular flexibility index (Phi) is 4.65. The molecule has 0 fully saturated rings. The van der Waals surface area contributed by atoms with E-state index in [4.69, 9.17) is 4.74 Å². The van der Waals surface area contributed by atoms with Crippen LogP contribution in [0, 0.1) is 0 Å². The van der Waals surface area contributed by atoms with Crippen molar-refractivity contribution >= 4 is 17.7 Å². The number of ether oxygens (including phenoxy) is 1. The maximum Gasteiger partial charge on any atom is 0.350 e. The smallest absolute Gasteiger partial charge is 0.350 e. The van der Waals surface area contributed by atoms with Crippen molar-refractivity contribution in [2.75, 3.05) is 6.61 Å². The second-order valence-corrected chi connectivity index (χ2v) is 5.46. The fourth-order valence-electron chi connectivity index (χ4n) is 1.52. The summed E-state index contributed by atoms with van der Waals surface area (Å²) in [5, 5.41) is 19.5. The normalized spacial score (nSPS) is 13.4. The second kappa shape index (κ2) is 6.45. The van der Waals surface area contributed by atoms with E-state index in [1.54, 1.807) is 48.5 Å². The highest BCUT2D eigenvalue weighted by Gasteiger charge is 2.38. The van der Waals surface area contributed by atoms with Gasteiger partial charge >= 0.3 is 5.97 Å². The van der Waals surface area contributed by atoms with Crippen LogP contribution in [0.1, 0.15) is 0 Å². The zero-order valence-corrected chi connectivity index (χ0v) is 11.4. The molecule has 2 aromatic carbocycles. The third-order valence-corrected chi connectivity index (χ3v) is 3.68. The van der Waals surface area contributed by atoms with E-state index in [2.05, 4.69) is 0 Å². The van der Waals surface area contributed by atoms with Crippen LogP contribution in [-0.2, 0) is 4.79 Å². The van der Waals surface area contributed by atoms with Crippen LogP contribution in [0.3, 0.4) is 0 Å². The molecule has 20 heavy (non-hydrogen) atoms. The van der Waals surface area contributed by atoms with Crippen LogP contribution in [0.25, 0.3) is 0 Å². The molecule has 0 radical (unpaired) electrons. The van der Waals surface area contributed by atoms with Gasteiger partial charge in [0.1, 0.15) is 12.4 Å². The number of carboxylic acid groups (broad SMARTS) is 1. The first-order chi connectivity index (χ1) is 9.60. The molecule has 1 atom stereocenters. The fourth-order valence-corrected chi connectivity index (χ4v) is 2.40. The molecule has 0 aliphatic heterocycles. The van der Waals surface area contributed by atoms with E-state index < -0.39 is 10.9 Å². The zero-order valence-electron chi connectivity index (χ0n) is 10.6. The molecule has 0 saturated carbocycles. The van der Waals surface area contributed by atoms with Crippen molar-refractivity contribution in [3.8, 4) is 5.75 Å². The molecule has 2 N–H and O–H groups in total. The van der Waals surface area contributed by atoms with Crippen molar-refractivity contribution in [3.05, 3.63) is 60.7 Å². The molecule has 0 aromatic heterocycles. The van der Waals surface area contributed by atoms with Crippen LogP contribution in [0.15, 0.2) is 65.6 Å². The summed E-state index contributed by atoms with van der Waals surface area (Å²) in [7, 11) is 0. The molecular formula is C15H14O4S. The standard InChI is InChI=1S/C15H14O4S/c16-14(17)15(18,20-13-9-5-2-6-10-13)11-19-12-7-3-1-4-8-12/h1-10,18H,11H2,(H,16,17). The lowest BCUT2D eigenvalue weighted by Crippen LogP contribution is -2.41. The van der Waals surface area contributed by atoms with Crippen molar-refractivity contribution in [2.45, 2.75) is 9.83 Å². The summed E-state index contributed by atoms with van der Waals surface area (Å²) in [6.07, 6.45) is 0. The van der Waals surface area contributed by atoms with Gasteiger partial charge in [-0.2, -0.15) is 0 Å². The molecule has 0 aliphatic carbocycles. The molecule has 2 aromatic rings. The third-order valence-electron chi connectivity index (χ3n) is 2.54. The van der Waals surface area contributed by atoms with Crippen molar-refractivity contribution in [3.63, 3.8) is 0 Å². The predicted molar refractivity (Wildman–Crippen MR) is 76.8 cm³/mol. The number of benzene rings is 2. The predicted octanol–water partition coefficient (Wildman–Crippen LogP) is 2.63. The minimum Gasteiger partial charge on any atom is -0.489 e. The molecule has 0 heterocycles. The molecule has 4 nitrogen and oxygen atoms in total. The van der Waals surface area contributed by atoms with Gasteiger partial charge in [0, 0.05) is 4.90 Å². The maximum atomic E-state index is 11.3. The minimum absolute atomic E-state index is 0.341. The van der Waals surface area contributed by atoms with Gasteiger partial charge in [0.25, 0.3) is 0 Å². The Morgan fingerprint density at radius 3 is 2.15 bits per heavy atom. The SMILES string of the molecule is O=C(O)C(O)(COc1ccccc1)Sc1ccccc1. The Labute approximate surface area is 121 Å². The first-order valence-corrected chi connectivity index (χ1v) is 6.79. The lowest BCUT2D eigenvalue weighted by molar-refractivity contribution is -0.151. The van der Waals surface area contributed by atoms with Crippen LogP contribution >= 0.6 is 11.8 Å². The van der Waals surface area contributed by atoms with Gasteiger partial charge in [0.2, 0.25) is 4.93 Å². The minimum atomic E-state index is -2.03. The van der Waals surface area contributed by atoms with Gasteiger partial charge in [-0.05, 0) is 24.3 Å². The number of hydrogen-bond acceptors (Lipinski definition) is 4. The van der Waals surface area contributed by atoms with E-state index in [0.717, 1.165) is 11.8 Å². The van der Waals surface area contributed by atoms with Crippen LogP contribution in [0.4, 0.5) is 0 Å². The van der Waals surface area contributed by atoms with Crippen molar-refractivity contribution < 1.29 is 19.7 Å². The van der Waals surface area contributed by atoms with Crippen LogP contribution in [0.2, 0.25) is 0 Å². The largest absolute Gasteiger partial charge is 0.489 e. The number of rotatable bonds is 6. The molecular weight excluding hydrogens is 276 g/mol. The number of para-hydroxylation sites is 1. The number of carboxylic acids is 1. The summed E-state index contributed by atoms with van der Waals surface area (Å²) in [6, 6.07) is 17.6. The van der Waals surface area contributed by atoms with Gasteiger partial charge in [-0.1, -0.05) is 48.2 Å².